The van der Waals surface area contributed by atoms with Gasteiger partial charge in [-0.25, -0.2) is 4.98 Å². The van der Waals surface area contributed by atoms with E-state index in [0.717, 1.165) is 35.7 Å². The Morgan fingerprint density at radius 3 is 2.85 bits per heavy atom. The summed E-state index contributed by atoms with van der Waals surface area (Å²) in [5.41, 5.74) is 8.23. The number of hydrogen-bond donors (Lipinski definition) is 2. The van der Waals surface area contributed by atoms with Gasteiger partial charge in [-0.15, -0.1) is 0 Å². The van der Waals surface area contributed by atoms with Crippen LogP contribution < -0.4 is 16.6 Å². The molecule has 4 rings (SSSR count). The van der Waals surface area contributed by atoms with Crippen LogP contribution in [0.4, 0.5) is 5.95 Å². The van der Waals surface area contributed by atoms with Crippen molar-refractivity contribution in [3.8, 4) is 0 Å². The van der Waals surface area contributed by atoms with Crippen LogP contribution in [-0.4, -0.2) is 31.2 Å². The molecule has 2 heterocycles. The summed E-state index contributed by atoms with van der Waals surface area (Å²) in [4.78, 5) is 21.8. The Labute approximate surface area is 165 Å². The molecule has 1 fully saturated rings. The largest absolute Gasteiger partial charge is 0.351 e. The number of rotatable bonds is 4. The summed E-state index contributed by atoms with van der Waals surface area (Å²) < 4.78 is 4.40. The Balaban J connectivity index is 1.81. The highest BCUT2D eigenvalue weighted by atomic mass is 79.9. The number of nitrogens with zero attached hydrogens (tertiary/aromatic N) is 4. The second kappa shape index (κ2) is 7.44. The van der Waals surface area contributed by atoms with E-state index in [0.29, 0.717) is 23.7 Å². The summed E-state index contributed by atoms with van der Waals surface area (Å²) in [6.45, 7) is 0.517. The predicted octanol–water partition coefficient (Wildman–Crippen LogP) is 2.62. The maximum atomic E-state index is 12.8. The Hall–Kier alpha value is -2.19. The second-order valence-corrected chi connectivity index (χ2v) is 8.00. The molecule has 2 aromatic heterocycles. The fraction of sp³-hybridized carbons (Fsp3) is 0.421. The highest BCUT2D eigenvalue weighted by Gasteiger charge is 2.25. The zero-order valence-electron chi connectivity index (χ0n) is 15.2. The van der Waals surface area contributed by atoms with Gasteiger partial charge in [0.05, 0.1) is 12.9 Å². The Morgan fingerprint density at radius 1 is 1.30 bits per heavy atom. The third-order valence-electron chi connectivity index (χ3n) is 5.25. The summed E-state index contributed by atoms with van der Waals surface area (Å²) >= 11 is 3.60. The molecule has 3 aromatic rings. The van der Waals surface area contributed by atoms with Crippen molar-refractivity contribution in [2.75, 3.05) is 5.32 Å². The van der Waals surface area contributed by atoms with E-state index in [2.05, 4.69) is 31.2 Å². The van der Waals surface area contributed by atoms with Crippen LogP contribution in [0.1, 0.15) is 31.2 Å². The third kappa shape index (κ3) is 3.51. The van der Waals surface area contributed by atoms with Gasteiger partial charge in [0.15, 0.2) is 11.2 Å². The van der Waals surface area contributed by atoms with Crippen molar-refractivity contribution >= 4 is 33.0 Å². The van der Waals surface area contributed by atoms with Crippen molar-refractivity contribution in [2.24, 2.45) is 12.8 Å². The molecule has 7 nitrogen and oxygen atoms in total. The maximum Gasteiger partial charge on any atom is 0.279 e. The van der Waals surface area contributed by atoms with Crippen molar-refractivity contribution in [3.63, 3.8) is 0 Å². The van der Waals surface area contributed by atoms with Gasteiger partial charge in [-0.1, -0.05) is 47.0 Å². The van der Waals surface area contributed by atoms with Crippen LogP contribution in [-0.2, 0) is 13.6 Å². The standard InChI is InChI=1S/C19H23BrN6O/c1-25-11-22-17-16(18(25)27)26(10-12-6-2-3-7-13(12)20)19(24-17)23-15-9-5-4-8-14(15)21/h2-3,6-7,11,14-15H,4-5,8-10,21H2,1H3,(H,23,24)/t14-,15+/m0/s1. The molecular formula is C19H23BrN6O. The van der Waals surface area contributed by atoms with Crippen molar-refractivity contribution in [1.82, 2.24) is 19.1 Å². The Kier molecular flexibility index (Phi) is 5.01. The molecule has 0 unspecified atom stereocenters. The number of nitrogens with one attached hydrogen (secondary N) is 1. The van der Waals surface area contributed by atoms with Crippen LogP contribution in [0.15, 0.2) is 39.9 Å². The van der Waals surface area contributed by atoms with Gasteiger partial charge >= 0.3 is 0 Å². The van der Waals surface area contributed by atoms with E-state index in [9.17, 15) is 4.79 Å². The quantitative estimate of drug-likeness (QED) is 0.663. The minimum atomic E-state index is -0.111. The van der Waals surface area contributed by atoms with E-state index in [4.69, 9.17) is 5.73 Å². The lowest BCUT2D eigenvalue weighted by atomic mass is 9.91. The molecule has 1 aliphatic carbocycles. The fourth-order valence-corrected chi connectivity index (χ4v) is 4.08. The molecule has 8 heteroatoms. The minimum Gasteiger partial charge on any atom is -0.351 e. The van der Waals surface area contributed by atoms with Crippen LogP contribution in [0.25, 0.3) is 11.2 Å². The molecule has 0 saturated heterocycles. The lowest BCUT2D eigenvalue weighted by molar-refractivity contribution is 0.401. The van der Waals surface area contributed by atoms with Gasteiger partial charge in [0, 0.05) is 23.6 Å². The van der Waals surface area contributed by atoms with E-state index in [-0.39, 0.29) is 17.6 Å². The van der Waals surface area contributed by atoms with Crippen LogP contribution in [0.2, 0.25) is 0 Å². The lowest BCUT2D eigenvalue weighted by Crippen LogP contribution is -2.43. The zero-order chi connectivity index (χ0) is 19.0. The monoisotopic (exact) mass is 430 g/mol. The van der Waals surface area contributed by atoms with Gasteiger partial charge in [0.2, 0.25) is 5.95 Å². The third-order valence-corrected chi connectivity index (χ3v) is 6.02. The molecule has 1 aliphatic rings. The zero-order valence-corrected chi connectivity index (χ0v) is 16.8. The van der Waals surface area contributed by atoms with E-state index in [1.54, 1.807) is 7.05 Å². The molecule has 0 amide bonds. The average molecular weight is 431 g/mol. The Morgan fingerprint density at radius 2 is 2.07 bits per heavy atom. The van der Waals surface area contributed by atoms with Crippen molar-refractivity contribution in [3.05, 3.63) is 51.0 Å². The SMILES string of the molecule is Cn1cnc2nc(N[C@@H]3CCCC[C@@H]3N)n(Cc3ccccc3Br)c2c1=O. The van der Waals surface area contributed by atoms with Gasteiger partial charge in [0.1, 0.15) is 0 Å². The maximum absolute atomic E-state index is 12.8. The molecule has 1 aromatic carbocycles. The molecule has 2 atom stereocenters. The first-order valence-electron chi connectivity index (χ1n) is 9.22. The van der Waals surface area contributed by atoms with Crippen molar-refractivity contribution in [2.45, 2.75) is 44.3 Å². The number of benzene rings is 1. The highest BCUT2D eigenvalue weighted by molar-refractivity contribution is 9.10. The van der Waals surface area contributed by atoms with Crippen molar-refractivity contribution in [1.29, 1.82) is 0 Å². The van der Waals surface area contributed by atoms with E-state index in [1.807, 2.05) is 28.8 Å². The predicted molar refractivity (Wildman–Crippen MR) is 110 cm³/mol. The number of nitrogens with two attached hydrogens (primary N) is 1. The van der Waals surface area contributed by atoms with Crippen LogP contribution in [0.5, 0.6) is 0 Å². The molecule has 0 aliphatic heterocycles. The first-order chi connectivity index (χ1) is 13.0. The van der Waals surface area contributed by atoms with Crippen LogP contribution in [0, 0.1) is 0 Å². The van der Waals surface area contributed by atoms with Gasteiger partial charge < -0.3 is 15.6 Å². The summed E-state index contributed by atoms with van der Waals surface area (Å²) in [5.74, 6) is 0.652. The number of anilines is 1. The van der Waals surface area contributed by atoms with Crippen LogP contribution in [0.3, 0.4) is 0 Å². The lowest BCUT2D eigenvalue weighted by Gasteiger charge is -2.29. The number of aryl methyl sites for hydroxylation is 1. The van der Waals surface area contributed by atoms with Gasteiger partial charge in [-0.05, 0) is 24.5 Å². The topological polar surface area (TPSA) is 90.8 Å². The fourth-order valence-electron chi connectivity index (χ4n) is 3.67. The normalized spacial score (nSPS) is 20.1. The Bertz CT molecular complexity index is 1030. The molecule has 1 saturated carbocycles. The van der Waals surface area contributed by atoms with E-state index in [1.165, 1.54) is 10.9 Å². The van der Waals surface area contributed by atoms with Gasteiger partial charge in [-0.3, -0.25) is 9.36 Å². The molecule has 142 valence electrons. The minimum absolute atomic E-state index is 0.0891. The van der Waals surface area contributed by atoms with Gasteiger partial charge in [0.25, 0.3) is 5.56 Å². The number of hydrogen-bond acceptors (Lipinski definition) is 5. The number of halogens is 1. The van der Waals surface area contributed by atoms with Crippen LogP contribution >= 0.6 is 15.9 Å². The summed E-state index contributed by atoms with van der Waals surface area (Å²) in [6, 6.07) is 8.23. The highest BCUT2D eigenvalue weighted by Crippen LogP contribution is 2.25. The molecule has 0 spiro atoms. The smallest absolute Gasteiger partial charge is 0.279 e. The second-order valence-electron chi connectivity index (χ2n) is 7.14. The molecule has 0 radical (unpaired) electrons. The number of imidazole rings is 1. The first kappa shape index (κ1) is 18.2. The van der Waals surface area contributed by atoms with E-state index >= 15 is 0 Å². The molecule has 3 N–H and O–H groups in total. The summed E-state index contributed by atoms with van der Waals surface area (Å²) in [5, 5.41) is 3.50. The first-order valence-corrected chi connectivity index (χ1v) is 10.0. The van der Waals surface area contributed by atoms with E-state index < -0.39 is 0 Å². The molecular weight excluding hydrogens is 408 g/mol. The summed E-state index contributed by atoms with van der Waals surface area (Å²) in [7, 11) is 1.70. The van der Waals surface area contributed by atoms with Gasteiger partial charge in [-0.2, -0.15) is 4.98 Å². The van der Waals surface area contributed by atoms with Crippen molar-refractivity contribution < 1.29 is 0 Å². The summed E-state index contributed by atoms with van der Waals surface area (Å²) in [6.07, 6.45) is 5.83. The average Bonchev–Trinajstić information content (AvgIpc) is 3.00. The molecule has 0 bridgehead atoms. The molecule has 27 heavy (non-hydrogen) atoms. The number of fused-ring (bicyclic) bond motifs is 1. The number of aromatic nitrogens is 4.